The smallest absolute Gasteiger partial charge is 0.254 e. The maximum absolute atomic E-state index is 5.58. The van der Waals surface area contributed by atoms with Crippen molar-refractivity contribution in [3.8, 4) is 11.8 Å². The quantitative estimate of drug-likeness (QED) is 0.831. The third-order valence-corrected chi connectivity index (χ3v) is 1.92. The summed E-state index contributed by atoms with van der Waals surface area (Å²) in [4.78, 5) is 8.47. The van der Waals surface area contributed by atoms with E-state index in [1.54, 1.807) is 18.5 Å². The third kappa shape index (κ3) is 2.10. The van der Waals surface area contributed by atoms with Gasteiger partial charge in [0.2, 0.25) is 5.88 Å². The van der Waals surface area contributed by atoms with E-state index in [1.807, 2.05) is 13.8 Å². The molecule has 0 saturated heterocycles. The molecule has 6 nitrogen and oxygen atoms in total. The highest BCUT2D eigenvalue weighted by molar-refractivity contribution is 5.34. The molecule has 2 aromatic heterocycles. The van der Waals surface area contributed by atoms with Gasteiger partial charge in [-0.2, -0.15) is 10.1 Å². The fourth-order valence-corrected chi connectivity index (χ4v) is 1.29. The number of aromatic nitrogens is 4. The first-order valence-electron chi connectivity index (χ1n) is 4.98. The number of ether oxygens (including phenoxy) is 1. The van der Waals surface area contributed by atoms with Gasteiger partial charge in [0.15, 0.2) is 0 Å². The van der Waals surface area contributed by atoms with Gasteiger partial charge in [0.05, 0.1) is 24.7 Å². The Morgan fingerprint density at radius 1 is 1.44 bits per heavy atom. The molecule has 2 aromatic rings. The average molecular weight is 219 g/mol. The number of nitrogen functional groups attached to an aromatic ring is 1. The lowest BCUT2D eigenvalue weighted by Gasteiger charge is -2.05. The molecule has 16 heavy (non-hydrogen) atoms. The molecule has 0 spiro atoms. The topological polar surface area (TPSA) is 78.9 Å². The highest BCUT2D eigenvalue weighted by Gasteiger charge is 2.05. The maximum atomic E-state index is 5.58. The van der Waals surface area contributed by atoms with E-state index < -0.39 is 0 Å². The molecule has 0 radical (unpaired) electrons. The van der Waals surface area contributed by atoms with Gasteiger partial charge in [0, 0.05) is 11.8 Å². The van der Waals surface area contributed by atoms with Crippen molar-refractivity contribution in [1.29, 1.82) is 0 Å². The molecule has 0 saturated carbocycles. The fourth-order valence-electron chi connectivity index (χ4n) is 1.29. The second kappa shape index (κ2) is 4.18. The van der Waals surface area contributed by atoms with Gasteiger partial charge in [0.25, 0.3) is 5.95 Å². The zero-order valence-electron chi connectivity index (χ0n) is 9.21. The Hall–Kier alpha value is -2.11. The number of nitrogens with zero attached hydrogens (tertiary/aromatic N) is 4. The summed E-state index contributed by atoms with van der Waals surface area (Å²) in [5, 5.41) is 4.04. The predicted molar refractivity (Wildman–Crippen MR) is 59.5 cm³/mol. The summed E-state index contributed by atoms with van der Waals surface area (Å²) in [6.45, 7) is 4.35. The summed E-state index contributed by atoms with van der Waals surface area (Å²) >= 11 is 0. The van der Waals surface area contributed by atoms with E-state index in [0.717, 1.165) is 5.69 Å². The van der Waals surface area contributed by atoms with Crippen LogP contribution in [0.2, 0.25) is 0 Å². The molecule has 2 rings (SSSR count). The Morgan fingerprint density at radius 3 is 2.88 bits per heavy atom. The minimum absolute atomic E-state index is 0.458. The number of anilines is 1. The molecule has 0 aliphatic rings. The van der Waals surface area contributed by atoms with Crippen molar-refractivity contribution >= 4 is 5.69 Å². The van der Waals surface area contributed by atoms with Crippen LogP contribution in [0.15, 0.2) is 18.5 Å². The molecule has 84 valence electrons. The second-order valence-electron chi connectivity index (χ2n) is 3.30. The molecule has 0 aliphatic heterocycles. The number of nitrogens with two attached hydrogens (primary N) is 1. The normalized spacial score (nSPS) is 10.4. The fraction of sp³-hybridized carbons (Fsp3) is 0.300. The van der Waals surface area contributed by atoms with Crippen LogP contribution >= 0.6 is 0 Å². The molecule has 0 aliphatic carbocycles. The van der Waals surface area contributed by atoms with E-state index in [0.29, 0.717) is 24.1 Å². The number of rotatable bonds is 3. The molecule has 2 heterocycles. The Kier molecular flexibility index (Phi) is 2.72. The van der Waals surface area contributed by atoms with Crippen LogP contribution in [0, 0.1) is 6.92 Å². The van der Waals surface area contributed by atoms with Gasteiger partial charge in [-0.1, -0.05) is 0 Å². The van der Waals surface area contributed by atoms with Gasteiger partial charge in [-0.15, -0.1) is 0 Å². The van der Waals surface area contributed by atoms with E-state index in [-0.39, 0.29) is 0 Å². The van der Waals surface area contributed by atoms with E-state index in [1.165, 1.54) is 4.68 Å². The van der Waals surface area contributed by atoms with Crippen molar-refractivity contribution < 1.29 is 4.74 Å². The van der Waals surface area contributed by atoms with Crippen LogP contribution in [-0.4, -0.2) is 26.4 Å². The Bertz CT molecular complexity index is 494. The maximum Gasteiger partial charge on any atom is 0.254 e. The van der Waals surface area contributed by atoms with Crippen LogP contribution in [-0.2, 0) is 0 Å². The Balaban J connectivity index is 2.40. The molecule has 0 fully saturated rings. The van der Waals surface area contributed by atoms with E-state index in [2.05, 4.69) is 15.1 Å². The Morgan fingerprint density at radius 2 is 2.25 bits per heavy atom. The number of hydrogen-bond donors (Lipinski definition) is 1. The zero-order chi connectivity index (χ0) is 11.5. The molecule has 0 amide bonds. The molecule has 2 N–H and O–H groups in total. The van der Waals surface area contributed by atoms with Crippen LogP contribution in [0.3, 0.4) is 0 Å². The van der Waals surface area contributed by atoms with Crippen LogP contribution in [0.1, 0.15) is 12.6 Å². The van der Waals surface area contributed by atoms with Gasteiger partial charge in [-0.3, -0.25) is 0 Å². The van der Waals surface area contributed by atoms with Gasteiger partial charge in [-0.25, -0.2) is 9.67 Å². The molecular weight excluding hydrogens is 206 g/mol. The molecular formula is C10H13N5O. The van der Waals surface area contributed by atoms with Crippen molar-refractivity contribution in [3.63, 3.8) is 0 Å². The van der Waals surface area contributed by atoms with Gasteiger partial charge >= 0.3 is 0 Å². The van der Waals surface area contributed by atoms with Gasteiger partial charge in [0.1, 0.15) is 0 Å². The number of aryl methyl sites for hydroxylation is 1. The average Bonchev–Trinajstić information content (AvgIpc) is 2.64. The first kappa shape index (κ1) is 10.4. The first-order chi connectivity index (χ1) is 7.69. The van der Waals surface area contributed by atoms with E-state index in [4.69, 9.17) is 10.5 Å². The van der Waals surface area contributed by atoms with Crippen molar-refractivity contribution in [1.82, 2.24) is 19.7 Å². The van der Waals surface area contributed by atoms with Gasteiger partial charge < -0.3 is 10.5 Å². The summed E-state index contributed by atoms with van der Waals surface area (Å²) in [5.41, 5.74) is 6.97. The third-order valence-electron chi connectivity index (χ3n) is 1.92. The van der Waals surface area contributed by atoms with E-state index in [9.17, 15) is 0 Å². The van der Waals surface area contributed by atoms with Crippen molar-refractivity contribution in [2.75, 3.05) is 12.3 Å². The van der Waals surface area contributed by atoms with Gasteiger partial charge in [-0.05, 0) is 13.8 Å². The zero-order valence-corrected chi connectivity index (χ0v) is 9.21. The monoisotopic (exact) mass is 219 g/mol. The predicted octanol–water partition coefficient (Wildman–Crippen LogP) is 0.952. The second-order valence-corrected chi connectivity index (χ2v) is 3.30. The number of hydrogen-bond acceptors (Lipinski definition) is 5. The summed E-state index contributed by atoms with van der Waals surface area (Å²) < 4.78 is 6.85. The standard InChI is InChI=1S/C10H13N5O/c1-3-16-9-4-7(2)13-10(14-9)15-6-8(11)5-12-15/h4-6H,3,11H2,1-2H3. The summed E-state index contributed by atoms with van der Waals surface area (Å²) in [6.07, 6.45) is 3.20. The molecule has 0 unspecified atom stereocenters. The Labute approximate surface area is 93.1 Å². The summed E-state index contributed by atoms with van der Waals surface area (Å²) in [6, 6.07) is 1.78. The molecule has 6 heteroatoms. The summed E-state index contributed by atoms with van der Waals surface area (Å²) in [5.74, 6) is 0.999. The van der Waals surface area contributed by atoms with Crippen LogP contribution < -0.4 is 10.5 Å². The molecule has 0 atom stereocenters. The highest BCUT2D eigenvalue weighted by atomic mass is 16.5. The van der Waals surface area contributed by atoms with Crippen molar-refractivity contribution in [2.24, 2.45) is 0 Å². The summed E-state index contributed by atoms with van der Waals surface area (Å²) in [7, 11) is 0. The SMILES string of the molecule is CCOc1cc(C)nc(-n2cc(N)cn2)n1. The van der Waals surface area contributed by atoms with Crippen molar-refractivity contribution in [2.45, 2.75) is 13.8 Å². The van der Waals surface area contributed by atoms with Crippen LogP contribution in [0.5, 0.6) is 5.88 Å². The van der Waals surface area contributed by atoms with Crippen LogP contribution in [0.4, 0.5) is 5.69 Å². The van der Waals surface area contributed by atoms with E-state index >= 15 is 0 Å². The molecule has 0 bridgehead atoms. The lowest BCUT2D eigenvalue weighted by Crippen LogP contribution is -2.05. The first-order valence-corrected chi connectivity index (χ1v) is 4.98. The lowest BCUT2D eigenvalue weighted by molar-refractivity contribution is 0.325. The van der Waals surface area contributed by atoms with Crippen LogP contribution in [0.25, 0.3) is 5.95 Å². The highest BCUT2D eigenvalue weighted by Crippen LogP contribution is 2.12. The van der Waals surface area contributed by atoms with Crippen molar-refractivity contribution in [3.05, 3.63) is 24.2 Å². The minimum atomic E-state index is 0.458. The lowest BCUT2D eigenvalue weighted by atomic mass is 10.4. The minimum Gasteiger partial charge on any atom is -0.478 e. The molecule has 0 aromatic carbocycles. The largest absolute Gasteiger partial charge is 0.478 e.